The van der Waals surface area contributed by atoms with Crippen molar-refractivity contribution in [3.63, 3.8) is 0 Å². The molecular formula is C12H23NO. The summed E-state index contributed by atoms with van der Waals surface area (Å²) in [5.74, 6) is 3.12. The lowest BCUT2D eigenvalue weighted by Crippen LogP contribution is -2.26. The first-order valence-corrected chi connectivity index (χ1v) is 6.23. The van der Waals surface area contributed by atoms with Crippen LogP contribution in [0.5, 0.6) is 0 Å². The van der Waals surface area contributed by atoms with E-state index >= 15 is 0 Å². The van der Waals surface area contributed by atoms with E-state index in [2.05, 4.69) is 5.32 Å². The van der Waals surface area contributed by atoms with Gasteiger partial charge in [-0.05, 0) is 69.4 Å². The smallest absolute Gasteiger partial charge is 0.0431 e. The van der Waals surface area contributed by atoms with Crippen molar-refractivity contribution in [1.82, 2.24) is 5.32 Å². The van der Waals surface area contributed by atoms with Gasteiger partial charge in [-0.2, -0.15) is 0 Å². The van der Waals surface area contributed by atoms with Crippen LogP contribution in [-0.2, 0) is 0 Å². The molecule has 0 atom stereocenters. The molecule has 0 bridgehead atoms. The van der Waals surface area contributed by atoms with E-state index in [1.165, 1.54) is 32.2 Å². The monoisotopic (exact) mass is 197 g/mol. The molecule has 2 rings (SSSR count). The Balaban J connectivity index is 1.53. The van der Waals surface area contributed by atoms with E-state index < -0.39 is 0 Å². The van der Waals surface area contributed by atoms with Crippen LogP contribution in [0.2, 0.25) is 0 Å². The maximum Gasteiger partial charge on any atom is 0.0431 e. The third kappa shape index (κ3) is 3.25. The highest BCUT2D eigenvalue weighted by molar-refractivity contribution is 4.92. The maximum atomic E-state index is 8.64. The van der Waals surface area contributed by atoms with Gasteiger partial charge < -0.3 is 10.4 Å². The van der Waals surface area contributed by atoms with Crippen LogP contribution in [-0.4, -0.2) is 24.8 Å². The van der Waals surface area contributed by atoms with Gasteiger partial charge >= 0.3 is 0 Å². The largest absolute Gasteiger partial charge is 0.396 e. The second kappa shape index (κ2) is 5.13. The highest BCUT2D eigenvalue weighted by Gasteiger charge is 2.40. The molecule has 0 aliphatic heterocycles. The van der Waals surface area contributed by atoms with Gasteiger partial charge in [-0.15, -0.1) is 0 Å². The second-order valence-corrected chi connectivity index (χ2v) is 4.97. The van der Waals surface area contributed by atoms with Crippen molar-refractivity contribution >= 4 is 0 Å². The Kier molecular flexibility index (Phi) is 3.82. The molecule has 2 aliphatic carbocycles. The SMILES string of the molecule is OCCCCNCC(C1CC1)C1CC1. The minimum absolute atomic E-state index is 0.344. The van der Waals surface area contributed by atoms with Crippen LogP contribution in [0.15, 0.2) is 0 Å². The Hall–Kier alpha value is -0.0800. The molecule has 2 saturated carbocycles. The molecule has 0 radical (unpaired) electrons. The van der Waals surface area contributed by atoms with E-state index in [1.54, 1.807) is 0 Å². The summed E-state index contributed by atoms with van der Waals surface area (Å²) in [6, 6.07) is 0. The maximum absolute atomic E-state index is 8.64. The van der Waals surface area contributed by atoms with Gasteiger partial charge in [0.25, 0.3) is 0 Å². The number of nitrogens with one attached hydrogen (secondary N) is 1. The van der Waals surface area contributed by atoms with Crippen LogP contribution < -0.4 is 5.32 Å². The van der Waals surface area contributed by atoms with E-state index in [-0.39, 0.29) is 0 Å². The Morgan fingerprint density at radius 2 is 1.71 bits per heavy atom. The molecule has 0 unspecified atom stereocenters. The van der Waals surface area contributed by atoms with Crippen molar-refractivity contribution in [3.8, 4) is 0 Å². The molecule has 0 amide bonds. The first-order chi connectivity index (χ1) is 6.92. The minimum atomic E-state index is 0.344. The lowest BCUT2D eigenvalue weighted by molar-refractivity contribution is 0.282. The molecule has 2 fully saturated rings. The summed E-state index contributed by atoms with van der Waals surface area (Å²) in [6.07, 6.45) is 8.01. The fraction of sp³-hybridized carbons (Fsp3) is 1.00. The summed E-state index contributed by atoms with van der Waals surface area (Å²) in [5, 5.41) is 12.2. The lowest BCUT2D eigenvalue weighted by Gasteiger charge is -2.15. The number of unbranched alkanes of at least 4 members (excludes halogenated alkanes) is 1. The number of hydrogen-bond acceptors (Lipinski definition) is 2. The van der Waals surface area contributed by atoms with E-state index in [9.17, 15) is 0 Å². The van der Waals surface area contributed by atoms with Gasteiger partial charge in [-0.3, -0.25) is 0 Å². The van der Waals surface area contributed by atoms with Crippen LogP contribution in [0.1, 0.15) is 38.5 Å². The Labute approximate surface area is 87.1 Å². The van der Waals surface area contributed by atoms with E-state index in [1.807, 2.05) is 0 Å². The predicted octanol–water partition coefficient (Wildman–Crippen LogP) is 1.78. The topological polar surface area (TPSA) is 32.3 Å². The van der Waals surface area contributed by atoms with E-state index in [0.717, 1.165) is 37.1 Å². The van der Waals surface area contributed by atoms with Crippen molar-refractivity contribution in [2.24, 2.45) is 17.8 Å². The molecule has 82 valence electrons. The molecule has 2 nitrogen and oxygen atoms in total. The second-order valence-electron chi connectivity index (χ2n) is 4.97. The summed E-state index contributed by atoms with van der Waals surface area (Å²) in [5.41, 5.74) is 0. The zero-order valence-corrected chi connectivity index (χ0v) is 9.04. The molecule has 0 saturated heterocycles. The quantitative estimate of drug-likeness (QED) is 0.581. The number of hydrogen-bond donors (Lipinski definition) is 2. The average Bonchev–Trinajstić information content (AvgIpc) is 3.03. The van der Waals surface area contributed by atoms with E-state index in [4.69, 9.17) is 5.11 Å². The molecule has 2 N–H and O–H groups in total. The zero-order chi connectivity index (χ0) is 9.80. The highest BCUT2D eigenvalue weighted by atomic mass is 16.2. The third-order valence-corrected chi connectivity index (χ3v) is 3.60. The van der Waals surface area contributed by atoms with Gasteiger partial charge in [-0.25, -0.2) is 0 Å². The van der Waals surface area contributed by atoms with Crippen molar-refractivity contribution in [1.29, 1.82) is 0 Å². The molecule has 2 aliphatic rings. The van der Waals surface area contributed by atoms with Gasteiger partial charge in [-0.1, -0.05) is 0 Å². The first-order valence-electron chi connectivity index (χ1n) is 6.23. The Morgan fingerprint density at radius 1 is 1.07 bits per heavy atom. The predicted molar refractivity (Wildman–Crippen MR) is 58.1 cm³/mol. The fourth-order valence-corrected chi connectivity index (χ4v) is 2.40. The lowest BCUT2D eigenvalue weighted by atomic mass is 9.98. The van der Waals surface area contributed by atoms with Crippen molar-refractivity contribution in [2.75, 3.05) is 19.7 Å². The molecule has 0 aromatic heterocycles. The Morgan fingerprint density at radius 3 is 2.21 bits per heavy atom. The zero-order valence-electron chi connectivity index (χ0n) is 9.04. The van der Waals surface area contributed by atoms with Gasteiger partial charge in [0.15, 0.2) is 0 Å². The summed E-state index contributed by atoms with van der Waals surface area (Å²) < 4.78 is 0. The Bertz CT molecular complexity index is 152. The molecule has 0 heterocycles. The molecule has 2 heteroatoms. The number of aliphatic hydroxyl groups excluding tert-OH is 1. The first kappa shape index (κ1) is 10.4. The molecule has 0 aromatic rings. The summed E-state index contributed by atoms with van der Waals surface area (Å²) in [7, 11) is 0. The molecule has 0 spiro atoms. The summed E-state index contributed by atoms with van der Waals surface area (Å²) in [4.78, 5) is 0. The van der Waals surface area contributed by atoms with Crippen LogP contribution in [0, 0.1) is 17.8 Å². The van der Waals surface area contributed by atoms with Crippen molar-refractivity contribution in [2.45, 2.75) is 38.5 Å². The van der Waals surface area contributed by atoms with Gasteiger partial charge in [0, 0.05) is 6.61 Å². The van der Waals surface area contributed by atoms with Crippen molar-refractivity contribution < 1.29 is 5.11 Å². The standard InChI is InChI=1S/C12H23NO/c14-8-2-1-7-13-9-12(10-3-4-10)11-5-6-11/h10-14H,1-9H2. The fourth-order valence-electron chi connectivity index (χ4n) is 2.40. The number of aliphatic hydroxyl groups is 1. The highest BCUT2D eigenvalue weighted by Crippen LogP contribution is 2.48. The van der Waals surface area contributed by atoms with Gasteiger partial charge in [0.05, 0.1) is 0 Å². The summed E-state index contributed by atoms with van der Waals surface area (Å²) >= 11 is 0. The minimum Gasteiger partial charge on any atom is -0.396 e. The van der Waals surface area contributed by atoms with Crippen LogP contribution >= 0.6 is 0 Å². The molecule has 0 aromatic carbocycles. The normalized spacial score (nSPS) is 21.9. The van der Waals surface area contributed by atoms with Crippen LogP contribution in [0.4, 0.5) is 0 Å². The number of rotatable bonds is 8. The van der Waals surface area contributed by atoms with Gasteiger partial charge in [0.1, 0.15) is 0 Å². The third-order valence-electron chi connectivity index (χ3n) is 3.60. The van der Waals surface area contributed by atoms with Crippen LogP contribution in [0.25, 0.3) is 0 Å². The average molecular weight is 197 g/mol. The van der Waals surface area contributed by atoms with Gasteiger partial charge in [0.2, 0.25) is 0 Å². The molecular weight excluding hydrogens is 174 g/mol. The molecule has 14 heavy (non-hydrogen) atoms. The van der Waals surface area contributed by atoms with E-state index in [0.29, 0.717) is 6.61 Å². The van der Waals surface area contributed by atoms with Crippen LogP contribution in [0.3, 0.4) is 0 Å². The summed E-state index contributed by atoms with van der Waals surface area (Å²) in [6.45, 7) is 2.67. The van der Waals surface area contributed by atoms with Crippen molar-refractivity contribution in [3.05, 3.63) is 0 Å².